The highest BCUT2D eigenvalue weighted by molar-refractivity contribution is 6.10. The number of urea groups is 1. The lowest BCUT2D eigenvalue weighted by atomic mass is 9.88. The molecule has 0 spiro atoms. The van der Waals surface area contributed by atoms with E-state index in [1.807, 2.05) is 29.7 Å². The molecule has 9 nitrogen and oxygen atoms in total. The van der Waals surface area contributed by atoms with E-state index in [1.165, 1.54) is 0 Å². The molecular weight excluding hydrogens is 458 g/mol. The van der Waals surface area contributed by atoms with E-state index in [2.05, 4.69) is 16.7 Å². The first-order valence-corrected chi connectivity index (χ1v) is 12.6. The summed E-state index contributed by atoms with van der Waals surface area (Å²) >= 11 is 0. The third-order valence-corrected chi connectivity index (χ3v) is 7.61. The quantitative estimate of drug-likeness (QED) is 0.605. The Bertz CT molecular complexity index is 1270. The number of carbonyl (C=O) groups is 3. The standard InChI is InChI=1S/C27H31N5O4/c1-17-8-3-5-11-21(17)27(2)25(34)32(26(35)30-27)16-23(33)29-24-20(14-28)19-10-4-6-12-22(19)31(24)15-18-9-7-13-36-18/h3,5,8,11,18H,4,6-7,9-10,12-13,15-16H2,1-2H3,(H,29,33)(H,30,35). The van der Waals surface area contributed by atoms with Crippen molar-refractivity contribution in [2.24, 2.45) is 0 Å². The molecule has 3 aliphatic rings. The first-order valence-electron chi connectivity index (χ1n) is 12.6. The number of imide groups is 1. The lowest BCUT2D eigenvalue weighted by molar-refractivity contribution is -0.133. The summed E-state index contributed by atoms with van der Waals surface area (Å²) in [6, 6.07) is 9.04. The van der Waals surface area contributed by atoms with Crippen molar-refractivity contribution in [3.05, 3.63) is 52.2 Å². The van der Waals surface area contributed by atoms with Gasteiger partial charge in [0, 0.05) is 12.3 Å². The van der Waals surface area contributed by atoms with Crippen molar-refractivity contribution in [3.8, 4) is 6.07 Å². The van der Waals surface area contributed by atoms with Crippen LogP contribution in [-0.4, -0.2) is 46.6 Å². The summed E-state index contributed by atoms with van der Waals surface area (Å²) in [6.45, 7) is 4.37. The van der Waals surface area contributed by atoms with Crippen LogP contribution in [0.3, 0.4) is 0 Å². The lowest BCUT2D eigenvalue weighted by Gasteiger charge is -2.24. The number of nitrogens with one attached hydrogen (secondary N) is 2. The van der Waals surface area contributed by atoms with Gasteiger partial charge in [-0.2, -0.15) is 5.26 Å². The Balaban J connectivity index is 1.40. The first-order chi connectivity index (χ1) is 17.3. The summed E-state index contributed by atoms with van der Waals surface area (Å²) in [5.41, 5.74) is 2.84. The van der Waals surface area contributed by atoms with Gasteiger partial charge in [0.15, 0.2) is 0 Å². The van der Waals surface area contributed by atoms with Crippen molar-refractivity contribution in [2.75, 3.05) is 18.5 Å². The smallest absolute Gasteiger partial charge is 0.325 e. The highest BCUT2D eigenvalue weighted by Gasteiger charge is 2.50. The predicted molar refractivity (Wildman–Crippen MR) is 132 cm³/mol. The van der Waals surface area contributed by atoms with E-state index >= 15 is 0 Å². The van der Waals surface area contributed by atoms with Gasteiger partial charge in [-0.1, -0.05) is 24.3 Å². The summed E-state index contributed by atoms with van der Waals surface area (Å²) in [4.78, 5) is 40.3. The summed E-state index contributed by atoms with van der Waals surface area (Å²) in [7, 11) is 0. The summed E-state index contributed by atoms with van der Waals surface area (Å²) in [5.74, 6) is -0.558. The average Bonchev–Trinajstić information content (AvgIpc) is 3.53. The van der Waals surface area contributed by atoms with Crippen LogP contribution in [0.5, 0.6) is 0 Å². The fraction of sp³-hybridized carbons (Fsp3) is 0.481. The number of anilines is 1. The zero-order valence-corrected chi connectivity index (χ0v) is 20.7. The number of ether oxygens (including phenoxy) is 1. The van der Waals surface area contributed by atoms with E-state index in [-0.39, 0.29) is 6.10 Å². The van der Waals surface area contributed by atoms with Gasteiger partial charge in [0.05, 0.1) is 18.2 Å². The number of nitrogens with zero attached hydrogens (tertiary/aromatic N) is 3. The van der Waals surface area contributed by atoms with Crippen LogP contribution in [-0.2, 0) is 39.3 Å². The molecule has 2 fully saturated rings. The van der Waals surface area contributed by atoms with Crippen LogP contribution in [0, 0.1) is 18.3 Å². The molecule has 2 aliphatic heterocycles. The number of hydrogen-bond acceptors (Lipinski definition) is 5. The van der Waals surface area contributed by atoms with Gasteiger partial charge in [0.25, 0.3) is 5.91 Å². The number of rotatable bonds is 6. The summed E-state index contributed by atoms with van der Waals surface area (Å²) in [5, 5.41) is 15.6. The molecule has 2 saturated heterocycles. The highest BCUT2D eigenvalue weighted by Crippen LogP contribution is 2.35. The number of nitriles is 1. The van der Waals surface area contributed by atoms with Crippen molar-refractivity contribution < 1.29 is 19.1 Å². The van der Waals surface area contributed by atoms with Crippen molar-refractivity contribution in [3.63, 3.8) is 0 Å². The van der Waals surface area contributed by atoms with Crippen molar-refractivity contribution >= 4 is 23.7 Å². The van der Waals surface area contributed by atoms with Crippen molar-refractivity contribution in [1.82, 2.24) is 14.8 Å². The minimum atomic E-state index is -1.25. The van der Waals surface area contributed by atoms with Gasteiger partial charge in [0.2, 0.25) is 5.91 Å². The van der Waals surface area contributed by atoms with E-state index in [9.17, 15) is 19.6 Å². The fourth-order valence-corrected chi connectivity index (χ4v) is 5.79. The minimum absolute atomic E-state index is 0.0337. The Kier molecular flexibility index (Phi) is 6.31. The molecule has 2 N–H and O–H groups in total. The Morgan fingerprint density at radius 3 is 2.75 bits per heavy atom. The maximum atomic E-state index is 13.3. The van der Waals surface area contributed by atoms with Gasteiger partial charge in [-0.15, -0.1) is 0 Å². The van der Waals surface area contributed by atoms with Crippen LogP contribution in [0.1, 0.15) is 60.6 Å². The lowest BCUT2D eigenvalue weighted by Crippen LogP contribution is -2.42. The van der Waals surface area contributed by atoms with Crippen LogP contribution in [0.25, 0.3) is 0 Å². The highest BCUT2D eigenvalue weighted by atomic mass is 16.5. The van der Waals surface area contributed by atoms with Gasteiger partial charge in [-0.25, -0.2) is 4.79 Å². The maximum absolute atomic E-state index is 13.3. The fourth-order valence-electron chi connectivity index (χ4n) is 5.79. The molecule has 4 amide bonds. The van der Waals surface area contributed by atoms with Crippen LogP contribution in [0.15, 0.2) is 24.3 Å². The van der Waals surface area contributed by atoms with Crippen molar-refractivity contribution in [2.45, 2.75) is 70.6 Å². The Labute approximate surface area is 210 Å². The number of aromatic nitrogens is 1. The van der Waals surface area contributed by atoms with Gasteiger partial charge < -0.3 is 19.9 Å². The second kappa shape index (κ2) is 9.43. The zero-order valence-electron chi connectivity index (χ0n) is 20.7. The monoisotopic (exact) mass is 489 g/mol. The molecule has 2 aromatic rings. The molecule has 188 valence electrons. The number of carbonyl (C=O) groups excluding carboxylic acids is 3. The molecule has 1 aliphatic carbocycles. The third kappa shape index (κ3) is 4.05. The molecule has 2 unspecified atom stereocenters. The van der Waals surface area contributed by atoms with Gasteiger partial charge in [-0.3, -0.25) is 14.5 Å². The normalized spacial score (nSPS) is 23.4. The van der Waals surface area contributed by atoms with Crippen LogP contribution >= 0.6 is 0 Å². The van der Waals surface area contributed by atoms with Crippen LogP contribution < -0.4 is 10.6 Å². The summed E-state index contributed by atoms with van der Waals surface area (Å²) < 4.78 is 7.86. The molecule has 36 heavy (non-hydrogen) atoms. The molecule has 0 radical (unpaired) electrons. The first kappa shape index (κ1) is 24.1. The topological polar surface area (TPSA) is 116 Å². The number of fused-ring (bicyclic) bond motifs is 1. The number of hydrogen-bond donors (Lipinski definition) is 2. The number of benzene rings is 1. The predicted octanol–water partition coefficient (Wildman–Crippen LogP) is 3.13. The van der Waals surface area contributed by atoms with E-state index in [0.717, 1.165) is 60.2 Å². The third-order valence-electron chi connectivity index (χ3n) is 7.61. The molecule has 9 heteroatoms. The molecule has 0 bridgehead atoms. The van der Waals surface area contributed by atoms with E-state index in [0.29, 0.717) is 30.1 Å². The second-order valence-corrected chi connectivity index (χ2v) is 10.0. The Morgan fingerprint density at radius 1 is 1.25 bits per heavy atom. The van der Waals surface area contributed by atoms with Crippen molar-refractivity contribution in [1.29, 1.82) is 5.26 Å². The second-order valence-electron chi connectivity index (χ2n) is 10.0. The molecule has 1 aromatic carbocycles. The van der Waals surface area contributed by atoms with Crippen LogP contribution in [0.4, 0.5) is 10.6 Å². The number of amides is 4. The number of aryl methyl sites for hydroxylation is 1. The molecule has 1 aromatic heterocycles. The van der Waals surface area contributed by atoms with E-state index < -0.39 is 29.9 Å². The Morgan fingerprint density at radius 2 is 2.03 bits per heavy atom. The van der Waals surface area contributed by atoms with E-state index in [4.69, 9.17) is 4.74 Å². The van der Waals surface area contributed by atoms with Gasteiger partial charge in [0.1, 0.15) is 24.0 Å². The van der Waals surface area contributed by atoms with Gasteiger partial charge >= 0.3 is 6.03 Å². The van der Waals surface area contributed by atoms with Gasteiger partial charge in [-0.05, 0) is 69.1 Å². The largest absolute Gasteiger partial charge is 0.376 e. The minimum Gasteiger partial charge on any atom is -0.376 e. The molecular formula is C27H31N5O4. The average molecular weight is 490 g/mol. The van der Waals surface area contributed by atoms with Crippen LogP contribution in [0.2, 0.25) is 0 Å². The zero-order chi connectivity index (χ0) is 25.4. The SMILES string of the molecule is Cc1ccccc1C1(C)NC(=O)N(CC(=O)Nc2c(C#N)c3c(n2CC2CCCO2)CCCC3)C1=O. The molecule has 2 atom stereocenters. The maximum Gasteiger partial charge on any atom is 0.325 e. The molecule has 5 rings (SSSR count). The molecule has 3 heterocycles. The van der Waals surface area contributed by atoms with E-state index in [1.54, 1.807) is 13.0 Å². The molecule has 0 saturated carbocycles. The Hall–Kier alpha value is -3.64. The summed E-state index contributed by atoms with van der Waals surface area (Å²) in [6.07, 6.45) is 5.62.